The van der Waals surface area contributed by atoms with Gasteiger partial charge in [-0.05, 0) is 0 Å². The average Bonchev–Trinajstić information content (AvgIpc) is 1.90. The Hall–Kier alpha value is -2.29. The van der Waals surface area contributed by atoms with Crippen molar-refractivity contribution in [1.82, 2.24) is 4.98 Å². The van der Waals surface area contributed by atoms with Gasteiger partial charge in [0.1, 0.15) is 0 Å². The molecule has 40 valence electrons. The van der Waals surface area contributed by atoms with Crippen LogP contribution in [0.3, 0.4) is 0 Å². The van der Waals surface area contributed by atoms with E-state index < -0.39 is 0 Å². The predicted molar refractivity (Wildman–Crippen MR) is 30.5 cm³/mol. The molecule has 1 heterocycles. The van der Waals surface area contributed by atoms with Crippen molar-refractivity contribution >= 4 is 0 Å². The fourth-order valence-electron chi connectivity index (χ4n) is 0.435. The standard InChI is InChI=1S/C7H4N.Rf/c1-2-7-3-5-8-6-4-7;/h3-6H;/q-1;. The summed E-state index contributed by atoms with van der Waals surface area (Å²) < 4.78 is 0. The second-order valence-electron chi connectivity index (χ2n) is 1.36. The Labute approximate surface area is 48.4 Å². The van der Waals surface area contributed by atoms with Gasteiger partial charge in [0.05, 0.1) is 0 Å². The molecule has 1 rings (SSSR count). The minimum atomic E-state index is 0. The molecule has 9 heavy (non-hydrogen) atoms. The van der Waals surface area contributed by atoms with Crippen LogP contribution in [0.4, 0.5) is 0 Å². The van der Waals surface area contributed by atoms with Gasteiger partial charge >= 0.3 is 0 Å². The van der Waals surface area contributed by atoms with Gasteiger partial charge < -0.3 is 6.42 Å². The number of aromatic nitrogens is 1. The molecule has 0 fully saturated rings. The Morgan fingerprint density at radius 1 is 1.33 bits per heavy atom. The van der Waals surface area contributed by atoms with E-state index in [1.54, 1.807) is 24.5 Å². The van der Waals surface area contributed by atoms with E-state index in [0.717, 1.165) is 5.56 Å². The molecule has 0 atom stereocenters. The summed E-state index contributed by atoms with van der Waals surface area (Å²) in [6.45, 7) is 0. The number of hydrogen-bond acceptors (Lipinski definition) is 1. The van der Waals surface area contributed by atoms with Gasteiger partial charge in [0, 0.05) is 12.4 Å². The quantitative estimate of drug-likeness (QED) is 0.492. The van der Waals surface area contributed by atoms with Crippen LogP contribution in [0, 0.1) is 12.3 Å². The van der Waals surface area contributed by atoms with Crippen LogP contribution >= 0.6 is 0 Å². The zero-order chi connectivity index (χ0) is 5.82. The van der Waals surface area contributed by atoms with Gasteiger partial charge in [-0.3, -0.25) is 10.9 Å². The second kappa shape index (κ2) is 2.81. The smallest absolute Gasteiger partial charge is 0.0101 e. The summed E-state index contributed by atoms with van der Waals surface area (Å²) in [6.07, 6.45) is 9.94. The van der Waals surface area contributed by atoms with E-state index in [1.807, 2.05) is 0 Å². The van der Waals surface area contributed by atoms with Crippen LogP contribution in [-0.2, 0) is 0 Å². The molecule has 0 N–H and O–H groups in total. The first-order chi connectivity index (χ1) is 3.93. The van der Waals surface area contributed by atoms with Gasteiger partial charge in [-0.15, -0.1) is 17.7 Å². The fourth-order valence-corrected chi connectivity index (χ4v) is 0.435. The SMILES string of the molecule is [C-]#Cc1ccncc1.[Rf]. The maximum Gasteiger partial charge on any atom is 0.0101 e. The maximum absolute atomic E-state index is 6.67. The van der Waals surface area contributed by atoms with Crippen LogP contribution in [0.15, 0.2) is 24.5 Å². The minimum Gasteiger partial charge on any atom is -0.366 e. The van der Waals surface area contributed by atoms with Crippen molar-refractivity contribution < 1.29 is 0 Å². The molecule has 0 spiro atoms. The van der Waals surface area contributed by atoms with Crippen molar-refractivity contribution in [1.29, 1.82) is 0 Å². The molecule has 0 aliphatic rings. The van der Waals surface area contributed by atoms with Crippen molar-refractivity contribution in [2.45, 2.75) is 0 Å². The third kappa shape index (κ3) is 1.32. The van der Waals surface area contributed by atoms with E-state index in [4.69, 9.17) is 6.42 Å². The average molecular weight is 369 g/mol. The van der Waals surface area contributed by atoms with E-state index in [-0.39, 0.29) is 0 Å². The molecule has 0 bridgehead atoms. The summed E-state index contributed by atoms with van der Waals surface area (Å²) in [6, 6.07) is 3.46. The first-order valence-electron chi connectivity index (χ1n) is 2.26. The Morgan fingerprint density at radius 2 is 1.89 bits per heavy atom. The molecule has 0 radical (unpaired) electrons. The zero-order valence-electron chi connectivity index (χ0n) is 4.96. The fraction of sp³-hybridized carbons (Fsp3) is 0. The molecule has 0 unspecified atom stereocenters. The normalized spacial score (nSPS) is 7.00. The van der Waals surface area contributed by atoms with Gasteiger partial charge in [0.15, 0.2) is 0 Å². The molecule has 0 saturated carbocycles. The zero-order valence-corrected chi connectivity index (χ0v) is 11.4. The molecule has 1 aromatic rings. The van der Waals surface area contributed by atoms with Crippen LogP contribution < -0.4 is 0 Å². The first-order valence-corrected chi connectivity index (χ1v) is 2.26. The van der Waals surface area contributed by atoms with Crippen molar-refractivity contribution in [3.05, 3.63) is 36.5 Å². The number of hydrogen-bond donors (Lipinski definition) is 0. The summed E-state index contributed by atoms with van der Waals surface area (Å²) in [4.78, 5) is 3.77. The van der Waals surface area contributed by atoms with E-state index in [0.29, 0.717) is 0 Å². The van der Waals surface area contributed by atoms with Crippen LogP contribution in [0.1, 0.15) is 5.56 Å². The van der Waals surface area contributed by atoms with Crippen molar-refractivity contribution in [3.8, 4) is 5.92 Å². The monoisotopic (exact) mass is 369 g/mol. The van der Waals surface area contributed by atoms with Gasteiger partial charge in [0.2, 0.25) is 0 Å². The van der Waals surface area contributed by atoms with Gasteiger partial charge in [-0.25, -0.2) is 0 Å². The molecule has 2 heteroatoms. The van der Waals surface area contributed by atoms with Crippen LogP contribution in [-0.4, -0.2) is 4.98 Å². The molecular formula is C7H4NRf-. The number of pyridine rings is 1. The minimum absolute atomic E-state index is 0. The largest absolute Gasteiger partial charge is 0.366 e. The number of nitrogens with zero attached hydrogens (tertiary/aromatic N) is 1. The van der Waals surface area contributed by atoms with Crippen molar-refractivity contribution in [2.75, 3.05) is 0 Å². The molecule has 0 aromatic carbocycles. The Morgan fingerprint density at radius 3 is 2.22 bits per heavy atom. The van der Waals surface area contributed by atoms with Crippen LogP contribution in [0.2, 0.25) is 0 Å². The van der Waals surface area contributed by atoms with Crippen LogP contribution in [0.25, 0.3) is 0 Å². The topological polar surface area (TPSA) is 12.9 Å². The van der Waals surface area contributed by atoms with E-state index in [1.165, 1.54) is 0 Å². The first kappa shape index (κ1) is 6.71. The summed E-state index contributed by atoms with van der Waals surface area (Å²) in [5.74, 6) is 2.24. The van der Waals surface area contributed by atoms with Gasteiger partial charge in [-0.1, -0.05) is 0 Å². The Bertz CT molecular complexity index is 200. The molecule has 0 aliphatic carbocycles. The van der Waals surface area contributed by atoms with Gasteiger partial charge in [0.25, 0.3) is 0 Å². The maximum atomic E-state index is 6.67. The number of rotatable bonds is 0. The molecule has 0 saturated heterocycles. The predicted octanol–water partition coefficient (Wildman–Crippen LogP) is 1.02. The third-order valence-electron chi connectivity index (χ3n) is 0.825. The van der Waals surface area contributed by atoms with Crippen molar-refractivity contribution in [3.63, 3.8) is 0 Å². The Balaban J connectivity index is 0.000000640. The molecule has 0 amide bonds. The molecule has 1 aromatic heterocycles. The van der Waals surface area contributed by atoms with E-state index >= 15 is 0 Å². The third-order valence-corrected chi connectivity index (χ3v) is 0.825. The second-order valence-corrected chi connectivity index (χ2v) is 1.36. The van der Waals surface area contributed by atoms with Gasteiger partial charge in [-0.2, -0.15) is 0 Å². The Kier molecular flexibility index (Phi) is 2.10. The summed E-state index contributed by atoms with van der Waals surface area (Å²) in [5, 5.41) is 0. The van der Waals surface area contributed by atoms with E-state index in [9.17, 15) is 0 Å². The summed E-state index contributed by atoms with van der Waals surface area (Å²) in [7, 11) is 0. The van der Waals surface area contributed by atoms with E-state index in [2.05, 4.69) is 10.9 Å². The molecular weight excluding hydrogens is 365 g/mol. The van der Waals surface area contributed by atoms with Crippen LogP contribution in [0.5, 0.6) is 0 Å². The summed E-state index contributed by atoms with van der Waals surface area (Å²) >= 11 is 0. The molecule has 1 nitrogen and oxygen atoms in total. The molecule has 0 aliphatic heterocycles. The van der Waals surface area contributed by atoms with Crippen molar-refractivity contribution in [2.24, 2.45) is 0 Å². The summed E-state index contributed by atoms with van der Waals surface area (Å²) in [5.41, 5.74) is 0.764.